The average molecular weight is 527 g/mol. The molecule has 0 spiro atoms. The van der Waals surface area contributed by atoms with Crippen molar-refractivity contribution in [3.05, 3.63) is 72.6 Å². The normalized spacial score (nSPS) is 14.6. The van der Waals surface area contributed by atoms with Crippen molar-refractivity contribution < 1.29 is 27.0 Å². The first-order valence-electron chi connectivity index (χ1n) is 11.6. The van der Waals surface area contributed by atoms with Crippen LogP contribution in [0.25, 0.3) is 22.0 Å². The second-order valence-corrected chi connectivity index (χ2v) is 10.4. The molecule has 0 bridgehead atoms. The van der Waals surface area contributed by atoms with Crippen LogP contribution >= 0.6 is 0 Å². The van der Waals surface area contributed by atoms with Gasteiger partial charge in [0.25, 0.3) is 10.0 Å². The van der Waals surface area contributed by atoms with Crippen LogP contribution in [0.3, 0.4) is 0 Å². The van der Waals surface area contributed by atoms with E-state index in [2.05, 4.69) is 19.6 Å². The molecule has 0 amide bonds. The highest BCUT2D eigenvalue weighted by Gasteiger charge is 2.23. The molecule has 0 aliphatic carbocycles. The Morgan fingerprint density at radius 2 is 1.81 bits per heavy atom. The number of aromatic nitrogens is 2. The van der Waals surface area contributed by atoms with E-state index in [1.54, 1.807) is 18.5 Å². The van der Waals surface area contributed by atoms with Gasteiger partial charge in [-0.2, -0.15) is 0 Å². The molecule has 0 radical (unpaired) electrons. The number of hydrogen-bond acceptors (Lipinski definition) is 7. The van der Waals surface area contributed by atoms with Gasteiger partial charge in [-0.25, -0.2) is 22.2 Å². The number of sulfonamides is 1. The first kappa shape index (κ1) is 24.8. The Bertz CT molecular complexity index is 1570. The van der Waals surface area contributed by atoms with E-state index in [0.29, 0.717) is 24.5 Å². The Morgan fingerprint density at radius 3 is 2.54 bits per heavy atom. The van der Waals surface area contributed by atoms with Crippen molar-refractivity contribution in [1.82, 2.24) is 9.97 Å². The third kappa shape index (κ3) is 5.05. The molecule has 2 aromatic carbocycles. The number of fused-ring (bicyclic) bond motifs is 1. The van der Waals surface area contributed by atoms with Crippen LogP contribution in [0.15, 0.2) is 65.8 Å². The Morgan fingerprint density at radius 1 is 1.03 bits per heavy atom. The zero-order valence-electron chi connectivity index (χ0n) is 19.9. The molecule has 8 nitrogen and oxygen atoms in total. The van der Waals surface area contributed by atoms with Crippen molar-refractivity contribution in [3.63, 3.8) is 0 Å². The molecule has 37 heavy (non-hydrogen) atoms. The predicted molar refractivity (Wildman–Crippen MR) is 136 cm³/mol. The largest absolute Gasteiger partial charge is 0.480 e. The molecule has 1 aliphatic heterocycles. The van der Waals surface area contributed by atoms with Crippen molar-refractivity contribution in [2.24, 2.45) is 0 Å². The Labute approximate surface area is 212 Å². The van der Waals surface area contributed by atoms with Crippen LogP contribution in [0.5, 0.6) is 5.88 Å². The number of benzene rings is 2. The van der Waals surface area contributed by atoms with Gasteiger partial charge in [-0.05, 0) is 54.8 Å². The van der Waals surface area contributed by atoms with Gasteiger partial charge in [0, 0.05) is 48.2 Å². The lowest BCUT2D eigenvalue weighted by molar-refractivity contribution is 0.145. The Hall–Kier alpha value is -3.83. The molecular weight excluding hydrogens is 502 g/mol. The summed E-state index contributed by atoms with van der Waals surface area (Å²) in [6.07, 6.45) is 4.37. The highest BCUT2D eigenvalue weighted by Crippen LogP contribution is 2.34. The van der Waals surface area contributed by atoms with Crippen molar-refractivity contribution in [3.8, 4) is 17.0 Å². The first-order chi connectivity index (χ1) is 17.7. The maximum absolute atomic E-state index is 14.2. The number of aliphatic hydroxyl groups excluding tert-OH is 1. The van der Waals surface area contributed by atoms with E-state index in [1.165, 1.54) is 7.11 Å². The van der Waals surface area contributed by atoms with Crippen molar-refractivity contribution in [2.75, 3.05) is 29.8 Å². The molecule has 5 rings (SSSR count). The van der Waals surface area contributed by atoms with Gasteiger partial charge in [-0.1, -0.05) is 6.07 Å². The van der Waals surface area contributed by atoms with E-state index in [-0.39, 0.29) is 17.7 Å². The number of pyridine rings is 2. The van der Waals surface area contributed by atoms with Crippen LogP contribution in [0, 0.1) is 11.6 Å². The van der Waals surface area contributed by atoms with Crippen molar-refractivity contribution >= 4 is 32.3 Å². The summed E-state index contributed by atoms with van der Waals surface area (Å²) >= 11 is 0. The lowest BCUT2D eigenvalue weighted by Gasteiger charge is -2.32. The Kier molecular flexibility index (Phi) is 6.65. The predicted octanol–water partition coefficient (Wildman–Crippen LogP) is 4.35. The lowest BCUT2D eigenvalue weighted by atomic mass is 10.0. The molecule has 2 aromatic heterocycles. The maximum atomic E-state index is 14.2. The Balaban J connectivity index is 1.53. The summed E-state index contributed by atoms with van der Waals surface area (Å²) in [5.41, 5.74) is 3.13. The van der Waals surface area contributed by atoms with Gasteiger partial charge in [0.1, 0.15) is 22.2 Å². The zero-order valence-corrected chi connectivity index (χ0v) is 20.7. The summed E-state index contributed by atoms with van der Waals surface area (Å²) in [6, 6.07) is 11.4. The third-order valence-electron chi connectivity index (χ3n) is 6.33. The second kappa shape index (κ2) is 9.91. The van der Waals surface area contributed by atoms with Crippen molar-refractivity contribution in [2.45, 2.75) is 23.8 Å². The van der Waals surface area contributed by atoms with Gasteiger partial charge in [0.15, 0.2) is 0 Å². The van der Waals surface area contributed by atoms with Gasteiger partial charge in [0.05, 0.1) is 18.7 Å². The molecule has 192 valence electrons. The fourth-order valence-corrected chi connectivity index (χ4v) is 5.54. The van der Waals surface area contributed by atoms with Crippen LogP contribution < -0.4 is 14.4 Å². The minimum atomic E-state index is -4.40. The number of halogens is 2. The molecule has 2 N–H and O–H groups in total. The summed E-state index contributed by atoms with van der Waals surface area (Å²) in [4.78, 5) is 10.2. The smallest absolute Gasteiger partial charge is 0.264 e. The molecule has 1 saturated heterocycles. The molecule has 0 saturated carbocycles. The van der Waals surface area contributed by atoms with Gasteiger partial charge in [0.2, 0.25) is 5.88 Å². The highest BCUT2D eigenvalue weighted by molar-refractivity contribution is 7.92. The molecule has 4 aromatic rings. The summed E-state index contributed by atoms with van der Waals surface area (Å²) in [5, 5.41) is 10.8. The van der Waals surface area contributed by atoms with E-state index < -0.39 is 26.6 Å². The van der Waals surface area contributed by atoms with Gasteiger partial charge in [-0.3, -0.25) is 9.71 Å². The monoisotopic (exact) mass is 526 g/mol. The number of piperidine rings is 1. The van der Waals surface area contributed by atoms with E-state index in [1.807, 2.05) is 24.3 Å². The van der Waals surface area contributed by atoms with Gasteiger partial charge >= 0.3 is 0 Å². The minimum Gasteiger partial charge on any atom is -0.480 e. The number of ether oxygens (including phenoxy) is 1. The highest BCUT2D eigenvalue weighted by atomic mass is 32.2. The first-order valence-corrected chi connectivity index (χ1v) is 13.1. The fourth-order valence-electron chi connectivity index (χ4n) is 4.43. The lowest BCUT2D eigenvalue weighted by Crippen LogP contribution is -2.35. The SMILES string of the molecule is COc1ncc(-c2ccc3nccc(N4CCC(O)CC4)c3c2)cc1NS(=O)(=O)c1ccc(F)cc1F. The molecule has 0 atom stereocenters. The fraction of sp³-hybridized carbons (Fsp3) is 0.231. The molecule has 0 unspecified atom stereocenters. The summed E-state index contributed by atoms with van der Waals surface area (Å²) in [7, 11) is -3.07. The number of anilines is 2. The average Bonchev–Trinajstić information content (AvgIpc) is 2.88. The molecule has 1 fully saturated rings. The van der Waals surface area contributed by atoms with E-state index in [9.17, 15) is 22.3 Å². The number of nitrogens with one attached hydrogen (secondary N) is 1. The van der Waals surface area contributed by atoms with E-state index in [0.717, 1.165) is 47.4 Å². The van der Waals surface area contributed by atoms with Crippen LogP contribution in [-0.4, -0.2) is 49.8 Å². The molecule has 3 heterocycles. The van der Waals surface area contributed by atoms with Crippen LogP contribution in [0.4, 0.5) is 20.2 Å². The summed E-state index contributed by atoms with van der Waals surface area (Å²) < 4.78 is 60.8. The number of hydrogen-bond donors (Lipinski definition) is 2. The molecule has 1 aliphatic rings. The van der Waals surface area contributed by atoms with Crippen LogP contribution in [0.2, 0.25) is 0 Å². The van der Waals surface area contributed by atoms with Crippen LogP contribution in [-0.2, 0) is 10.0 Å². The summed E-state index contributed by atoms with van der Waals surface area (Å²) in [5.74, 6) is -2.11. The third-order valence-corrected chi connectivity index (χ3v) is 7.73. The van der Waals surface area contributed by atoms with E-state index >= 15 is 0 Å². The standard InChI is InChI=1S/C26H24F2N4O4S/c1-36-26-23(31-37(34,35)25-5-3-18(27)14-21(25)28)13-17(15-30-26)16-2-4-22-20(12-16)24(6-9-29-22)32-10-7-19(33)8-11-32/h2-6,9,12-15,19,31,33H,7-8,10-11H2,1H3. The molecular formula is C26H24F2N4O4S. The zero-order chi connectivity index (χ0) is 26.2. The topological polar surface area (TPSA) is 105 Å². The number of rotatable bonds is 6. The maximum Gasteiger partial charge on any atom is 0.264 e. The van der Waals surface area contributed by atoms with Crippen LogP contribution in [0.1, 0.15) is 12.8 Å². The number of nitrogens with zero attached hydrogens (tertiary/aromatic N) is 3. The van der Waals surface area contributed by atoms with Gasteiger partial charge in [-0.15, -0.1) is 0 Å². The van der Waals surface area contributed by atoms with Crippen molar-refractivity contribution in [1.29, 1.82) is 0 Å². The second-order valence-electron chi connectivity index (χ2n) is 8.74. The number of methoxy groups -OCH3 is 1. The molecule has 11 heteroatoms. The van der Waals surface area contributed by atoms with E-state index in [4.69, 9.17) is 4.74 Å². The number of aliphatic hydroxyl groups is 1. The summed E-state index contributed by atoms with van der Waals surface area (Å²) in [6.45, 7) is 1.45. The quantitative estimate of drug-likeness (QED) is 0.385. The minimum absolute atomic E-state index is 0.000232. The van der Waals surface area contributed by atoms with Gasteiger partial charge < -0.3 is 14.7 Å².